The number of primary amides is 1. The highest BCUT2D eigenvalue weighted by Crippen LogP contribution is 2.41. The number of likely N-dealkylation sites (N-methyl/N-ethyl adjacent to an activating group) is 1. The molecular formula is C37H30FN5O3. The number of fused-ring (bicyclic) bond motifs is 2. The Morgan fingerprint density at radius 2 is 1.67 bits per heavy atom. The van der Waals surface area contributed by atoms with Gasteiger partial charge in [-0.05, 0) is 79.2 Å². The van der Waals surface area contributed by atoms with Crippen LogP contribution in [0.4, 0.5) is 15.8 Å². The summed E-state index contributed by atoms with van der Waals surface area (Å²) in [5.41, 5.74) is 12.7. The van der Waals surface area contributed by atoms with Crippen LogP contribution in [-0.2, 0) is 0 Å². The van der Waals surface area contributed by atoms with Crippen LogP contribution < -0.4 is 16.0 Å². The Kier molecular flexibility index (Phi) is 7.42. The van der Waals surface area contributed by atoms with Crippen molar-refractivity contribution < 1.29 is 18.0 Å². The van der Waals surface area contributed by atoms with Crippen LogP contribution in [0.5, 0.6) is 0 Å². The van der Waals surface area contributed by atoms with E-state index in [4.69, 9.17) is 14.6 Å². The summed E-state index contributed by atoms with van der Waals surface area (Å²) in [6.07, 6.45) is 1.68. The fourth-order valence-corrected chi connectivity index (χ4v) is 5.81. The molecule has 3 heterocycles. The number of hydrogen-bond acceptors (Lipinski definition) is 7. The largest absolute Gasteiger partial charge is 0.455 e. The molecule has 0 saturated heterocycles. The second kappa shape index (κ2) is 11.9. The molecule has 3 N–H and O–H groups in total. The molecule has 0 spiro atoms. The molecule has 1 atom stereocenters. The van der Waals surface area contributed by atoms with Crippen molar-refractivity contribution in [3.05, 3.63) is 121 Å². The second-order valence-electron chi connectivity index (χ2n) is 11.3. The topological polar surface area (TPSA) is 110 Å². The molecular weight excluding hydrogens is 581 g/mol. The number of hydrogen-bond donors (Lipinski definition) is 2. The summed E-state index contributed by atoms with van der Waals surface area (Å²) in [6, 6.07) is 31.3. The zero-order valence-electron chi connectivity index (χ0n) is 25.2. The van der Waals surface area contributed by atoms with E-state index in [-0.39, 0.29) is 17.4 Å². The van der Waals surface area contributed by atoms with Gasteiger partial charge in [0.25, 0.3) is 5.91 Å². The number of anilines is 2. The fraction of sp³-hybridized carbons (Fsp3) is 0.108. The summed E-state index contributed by atoms with van der Waals surface area (Å²) in [5, 5.41) is 4.11. The van der Waals surface area contributed by atoms with E-state index < -0.39 is 5.91 Å². The standard InChI is InChI=1S/C37H30FN5O3/c1-22(41-27-10-4-3-5-11-27)21-43(2)30-20-32-29(33(35(39)44)34(45-32)23-13-15-26(38)16-14-23)19-28(30)24-8-6-9-25(18-24)37-42-36-31(46-37)12-7-17-40-36/h3-20,22,41H,21H2,1-2H3,(H2,39,44). The summed E-state index contributed by atoms with van der Waals surface area (Å²) in [7, 11) is 2.02. The number of carbonyl (C=O) groups excluding carboxylic acids is 1. The molecule has 9 heteroatoms. The molecule has 0 bridgehead atoms. The van der Waals surface area contributed by atoms with Gasteiger partial charge in [-0.3, -0.25) is 4.79 Å². The van der Waals surface area contributed by atoms with Crippen LogP contribution in [0.3, 0.4) is 0 Å². The minimum atomic E-state index is -0.640. The van der Waals surface area contributed by atoms with Crippen molar-refractivity contribution in [3.8, 4) is 33.9 Å². The maximum atomic E-state index is 13.8. The first kappa shape index (κ1) is 28.8. The van der Waals surface area contributed by atoms with Gasteiger partial charge < -0.3 is 24.8 Å². The number of nitrogens with one attached hydrogen (secondary N) is 1. The number of benzene rings is 4. The third-order valence-electron chi connectivity index (χ3n) is 7.89. The average molecular weight is 612 g/mol. The Morgan fingerprint density at radius 1 is 0.891 bits per heavy atom. The molecule has 0 aliphatic rings. The number of oxazole rings is 1. The molecule has 1 unspecified atom stereocenters. The molecule has 0 saturated carbocycles. The highest BCUT2D eigenvalue weighted by Gasteiger charge is 2.24. The average Bonchev–Trinajstić information content (AvgIpc) is 3.67. The van der Waals surface area contributed by atoms with Gasteiger partial charge >= 0.3 is 0 Å². The molecule has 7 rings (SSSR count). The molecule has 0 aliphatic heterocycles. The molecule has 0 radical (unpaired) electrons. The lowest BCUT2D eigenvalue weighted by molar-refractivity contribution is 0.100. The molecule has 7 aromatic rings. The van der Waals surface area contributed by atoms with E-state index in [1.54, 1.807) is 24.4 Å². The van der Waals surface area contributed by atoms with Gasteiger partial charge in [0, 0.05) is 65.3 Å². The third kappa shape index (κ3) is 5.54. The van der Waals surface area contributed by atoms with Gasteiger partial charge in [0.05, 0.1) is 5.56 Å². The van der Waals surface area contributed by atoms with Gasteiger partial charge in [0.15, 0.2) is 11.2 Å². The number of carbonyl (C=O) groups is 1. The van der Waals surface area contributed by atoms with Crippen LogP contribution in [0, 0.1) is 5.82 Å². The molecule has 0 fully saturated rings. The van der Waals surface area contributed by atoms with Gasteiger partial charge in [0.1, 0.15) is 17.2 Å². The number of aromatic nitrogens is 2. The van der Waals surface area contributed by atoms with Crippen LogP contribution in [0.1, 0.15) is 17.3 Å². The predicted molar refractivity (Wildman–Crippen MR) is 179 cm³/mol. The van der Waals surface area contributed by atoms with E-state index in [2.05, 4.69) is 27.1 Å². The lowest BCUT2D eigenvalue weighted by atomic mass is 9.96. The lowest BCUT2D eigenvalue weighted by Crippen LogP contribution is -2.32. The van der Waals surface area contributed by atoms with Gasteiger partial charge in [-0.2, -0.15) is 4.98 Å². The Balaban J connectivity index is 1.36. The zero-order chi connectivity index (χ0) is 31.8. The van der Waals surface area contributed by atoms with Crippen LogP contribution in [-0.4, -0.2) is 35.5 Å². The first-order valence-corrected chi connectivity index (χ1v) is 14.9. The third-order valence-corrected chi connectivity index (χ3v) is 7.89. The van der Waals surface area contributed by atoms with E-state index in [1.165, 1.54) is 12.1 Å². The monoisotopic (exact) mass is 611 g/mol. The SMILES string of the molecule is CC(CN(C)c1cc2oc(-c3ccc(F)cc3)c(C(N)=O)c2cc1-c1cccc(-c2nc3ncccc3o2)c1)Nc1ccccc1. The van der Waals surface area contributed by atoms with E-state index >= 15 is 0 Å². The summed E-state index contributed by atoms with van der Waals surface area (Å²) in [5.74, 6) is -0.287. The van der Waals surface area contributed by atoms with Crippen LogP contribution in [0.15, 0.2) is 118 Å². The summed E-state index contributed by atoms with van der Waals surface area (Å²) >= 11 is 0. The molecule has 8 nitrogen and oxygen atoms in total. The van der Waals surface area contributed by atoms with Crippen LogP contribution in [0.25, 0.3) is 56.1 Å². The van der Waals surface area contributed by atoms with E-state index in [9.17, 15) is 9.18 Å². The Morgan fingerprint density at radius 3 is 2.43 bits per heavy atom. The highest BCUT2D eigenvalue weighted by atomic mass is 19.1. The quantitative estimate of drug-likeness (QED) is 0.170. The van der Waals surface area contributed by atoms with Crippen LogP contribution >= 0.6 is 0 Å². The maximum Gasteiger partial charge on any atom is 0.253 e. The number of pyridine rings is 1. The van der Waals surface area contributed by atoms with Gasteiger partial charge in [-0.1, -0.05) is 30.3 Å². The first-order chi connectivity index (χ1) is 22.3. The minimum absolute atomic E-state index is 0.0853. The molecule has 3 aromatic heterocycles. The van der Waals surface area contributed by atoms with Crippen molar-refractivity contribution in [2.24, 2.45) is 5.73 Å². The number of amides is 1. The normalized spacial score (nSPS) is 12.0. The predicted octanol–water partition coefficient (Wildman–Crippen LogP) is 8.14. The van der Waals surface area contributed by atoms with Crippen LogP contribution in [0.2, 0.25) is 0 Å². The van der Waals surface area contributed by atoms with Gasteiger partial charge in [-0.25, -0.2) is 9.37 Å². The number of halogens is 1. The van der Waals surface area contributed by atoms with Crippen molar-refractivity contribution in [2.75, 3.05) is 23.8 Å². The maximum absolute atomic E-state index is 13.8. The Labute approximate surface area is 264 Å². The first-order valence-electron chi connectivity index (χ1n) is 14.9. The highest BCUT2D eigenvalue weighted by molar-refractivity contribution is 6.12. The molecule has 0 aliphatic carbocycles. The number of nitrogens with two attached hydrogens (primary N) is 1. The second-order valence-corrected chi connectivity index (χ2v) is 11.3. The van der Waals surface area contributed by atoms with Crippen molar-refractivity contribution in [2.45, 2.75) is 13.0 Å². The lowest BCUT2D eigenvalue weighted by Gasteiger charge is -2.27. The van der Waals surface area contributed by atoms with E-state index in [0.29, 0.717) is 46.0 Å². The smallest absolute Gasteiger partial charge is 0.253 e. The molecule has 1 amide bonds. The van der Waals surface area contributed by atoms with Crippen molar-refractivity contribution in [1.29, 1.82) is 0 Å². The summed E-state index contributed by atoms with van der Waals surface area (Å²) in [6.45, 7) is 2.77. The summed E-state index contributed by atoms with van der Waals surface area (Å²) in [4.78, 5) is 23.9. The molecule has 4 aromatic carbocycles. The number of rotatable bonds is 9. The molecule has 46 heavy (non-hydrogen) atoms. The fourth-order valence-electron chi connectivity index (χ4n) is 5.81. The van der Waals surface area contributed by atoms with Crippen molar-refractivity contribution in [1.82, 2.24) is 9.97 Å². The Hall–Kier alpha value is -5.96. The Bertz CT molecular complexity index is 2160. The minimum Gasteiger partial charge on any atom is -0.455 e. The van der Waals surface area contributed by atoms with Crippen molar-refractivity contribution >= 4 is 39.5 Å². The molecule has 228 valence electrons. The number of furan rings is 1. The van der Waals surface area contributed by atoms with E-state index in [1.807, 2.05) is 79.8 Å². The number of nitrogens with zero attached hydrogens (tertiary/aromatic N) is 3. The zero-order valence-corrected chi connectivity index (χ0v) is 25.2. The van der Waals surface area contributed by atoms with Gasteiger partial charge in [-0.15, -0.1) is 0 Å². The van der Waals surface area contributed by atoms with Gasteiger partial charge in [0.2, 0.25) is 5.89 Å². The van der Waals surface area contributed by atoms with Crippen molar-refractivity contribution in [3.63, 3.8) is 0 Å². The number of para-hydroxylation sites is 1. The summed E-state index contributed by atoms with van der Waals surface area (Å²) < 4.78 is 26.1. The van der Waals surface area contributed by atoms with E-state index in [0.717, 1.165) is 28.1 Å².